The summed E-state index contributed by atoms with van der Waals surface area (Å²) in [6, 6.07) is 8.47. The number of methoxy groups -OCH3 is 1. The van der Waals surface area contributed by atoms with Crippen molar-refractivity contribution in [2.75, 3.05) is 25.7 Å². The highest BCUT2D eigenvalue weighted by atomic mass is 32.2. The van der Waals surface area contributed by atoms with E-state index >= 15 is 0 Å². The maximum Gasteiger partial charge on any atom is 0.262 e. The fourth-order valence-corrected chi connectivity index (χ4v) is 4.76. The van der Waals surface area contributed by atoms with Gasteiger partial charge in [0.2, 0.25) is 0 Å². The Morgan fingerprint density at radius 1 is 1.09 bits per heavy atom. The first-order chi connectivity index (χ1) is 15.1. The number of amides is 2. The molecule has 2 amide bonds. The number of imide groups is 1. The summed E-state index contributed by atoms with van der Waals surface area (Å²) in [6.07, 6.45) is 1.05. The number of ketones is 1. The second kappa shape index (κ2) is 9.12. The molecule has 1 aliphatic rings. The first-order valence-corrected chi connectivity index (χ1v) is 12.1. The maximum absolute atomic E-state index is 13.4. The molecule has 2 aromatic carbocycles. The molecular formula is C23H25NO7S. The van der Waals surface area contributed by atoms with E-state index in [1.807, 2.05) is 0 Å². The van der Waals surface area contributed by atoms with Gasteiger partial charge >= 0.3 is 0 Å². The fraction of sp³-hybridized carbons (Fsp3) is 0.348. The predicted octanol–water partition coefficient (Wildman–Crippen LogP) is 2.61. The number of hydrogen-bond donors (Lipinski definition) is 0. The van der Waals surface area contributed by atoms with Gasteiger partial charge in [0.25, 0.3) is 11.8 Å². The van der Waals surface area contributed by atoms with Crippen LogP contribution in [0.15, 0.2) is 36.4 Å². The molecule has 1 aliphatic heterocycles. The standard InChI is InChI=1S/C23H25NO7S/c1-5-31-20-12-15(9-10-19(20)30-3)18(13-32(4,28)29)24-22(26)17-8-6-7-16(11-14(2)25)21(17)23(24)27/h6-10,12,18H,5,11,13H2,1-4H3/t18-/m1/s1. The van der Waals surface area contributed by atoms with Gasteiger partial charge in [-0.3, -0.25) is 19.3 Å². The largest absolute Gasteiger partial charge is 0.493 e. The molecule has 3 rings (SSSR count). The van der Waals surface area contributed by atoms with Crippen LogP contribution in [0, 0.1) is 0 Å². The van der Waals surface area contributed by atoms with Crippen molar-refractivity contribution in [3.05, 3.63) is 58.7 Å². The number of carbonyl (C=O) groups excluding carboxylic acids is 3. The third-order valence-electron chi connectivity index (χ3n) is 5.12. The van der Waals surface area contributed by atoms with Crippen molar-refractivity contribution >= 4 is 27.4 Å². The number of nitrogens with zero attached hydrogens (tertiary/aromatic N) is 1. The van der Waals surface area contributed by atoms with Crippen LogP contribution >= 0.6 is 0 Å². The zero-order chi connectivity index (χ0) is 23.6. The number of benzene rings is 2. The van der Waals surface area contributed by atoms with Crippen molar-refractivity contribution in [3.8, 4) is 11.5 Å². The van der Waals surface area contributed by atoms with Crippen LogP contribution in [0.4, 0.5) is 0 Å². The lowest BCUT2D eigenvalue weighted by Gasteiger charge is -2.27. The van der Waals surface area contributed by atoms with Gasteiger partial charge < -0.3 is 9.47 Å². The third kappa shape index (κ3) is 4.67. The molecule has 0 aliphatic carbocycles. The van der Waals surface area contributed by atoms with E-state index < -0.39 is 33.4 Å². The molecule has 0 unspecified atom stereocenters. The second-order valence-corrected chi connectivity index (χ2v) is 9.84. The number of carbonyl (C=O) groups is 3. The van der Waals surface area contributed by atoms with Crippen molar-refractivity contribution in [2.45, 2.75) is 26.3 Å². The van der Waals surface area contributed by atoms with Gasteiger partial charge in [0, 0.05) is 12.7 Å². The van der Waals surface area contributed by atoms with E-state index in [-0.39, 0.29) is 23.3 Å². The van der Waals surface area contributed by atoms with Crippen molar-refractivity contribution in [1.29, 1.82) is 0 Å². The summed E-state index contributed by atoms with van der Waals surface area (Å²) in [5.41, 5.74) is 1.16. The van der Waals surface area contributed by atoms with Crippen LogP contribution in [0.1, 0.15) is 51.7 Å². The van der Waals surface area contributed by atoms with E-state index in [1.54, 1.807) is 37.3 Å². The van der Waals surface area contributed by atoms with Crippen molar-refractivity contribution in [3.63, 3.8) is 0 Å². The van der Waals surface area contributed by atoms with Crippen LogP contribution in [-0.2, 0) is 21.1 Å². The molecule has 0 fully saturated rings. The summed E-state index contributed by atoms with van der Waals surface area (Å²) in [7, 11) is -2.11. The predicted molar refractivity (Wildman–Crippen MR) is 118 cm³/mol. The number of Topliss-reactive ketones (excluding diaryl/α,β-unsaturated/α-hetero) is 1. The van der Waals surface area contributed by atoms with E-state index in [2.05, 4.69) is 0 Å². The Labute approximate surface area is 187 Å². The van der Waals surface area contributed by atoms with Crippen molar-refractivity contribution in [2.24, 2.45) is 0 Å². The molecule has 1 heterocycles. The second-order valence-electron chi connectivity index (χ2n) is 7.65. The number of sulfone groups is 1. The van der Waals surface area contributed by atoms with Gasteiger partial charge in [-0.15, -0.1) is 0 Å². The highest BCUT2D eigenvalue weighted by Crippen LogP contribution is 2.37. The minimum absolute atomic E-state index is 0.00377. The Morgan fingerprint density at radius 3 is 2.41 bits per heavy atom. The summed E-state index contributed by atoms with van der Waals surface area (Å²) < 4.78 is 35.4. The Morgan fingerprint density at radius 2 is 1.81 bits per heavy atom. The van der Waals surface area contributed by atoms with Crippen LogP contribution in [0.3, 0.4) is 0 Å². The van der Waals surface area contributed by atoms with Crippen LogP contribution in [0.2, 0.25) is 0 Å². The van der Waals surface area contributed by atoms with Gasteiger partial charge in [0.15, 0.2) is 11.5 Å². The Bertz CT molecular complexity index is 1190. The van der Waals surface area contributed by atoms with E-state index in [9.17, 15) is 22.8 Å². The Balaban J connectivity index is 2.13. The lowest BCUT2D eigenvalue weighted by molar-refractivity contribution is -0.116. The average molecular weight is 460 g/mol. The van der Waals surface area contributed by atoms with Gasteiger partial charge in [0.05, 0.1) is 36.6 Å². The van der Waals surface area contributed by atoms with Crippen LogP contribution in [0.25, 0.3) is 0 Å². The van der Waals surface area contributed by atoms with Gasteiger partial charge in [-0.2, -0.15) is 0 Å². The Hall–Kier alpha value is -3.20. The smallest absolute Gasteiger partial charge is 0.262 e. The zero-order valence-corrected chi connectivity index (χ0v) is 19.2. The monoisotopic (exact) mass is 459 g/mol. The summed E-state index contributed by atoms with van der Waals surface area (Å²) in [4.78, 5) is 39.3. The molecule has 0 aromatic heterocycles. The van der Waals surface area contributed by atoms with Crippen LogP contribution in [-0.4, -0.2) is 56.6 Å². The minimum Gasteiger partial charge on any atom is -0.493 e. The molecular weight excluding hydrogens is 434 g/mol. The molecule has 1 atom stereocenters. The van der Waals surface area contributed by atoms with Crippen LogP contribution in [0.5, 0.6) is 11.5 Å². The molecule has 0 radical (unpaired) electrons. The molecule has 2 aromatic rings. The summed E-state index contributed by atoms with van der Waals surface area (Å²) in [5, 5.41) is 0. The third-order valence-corrected chi connectivity index (χ3v) is 6.04. The van der Waals surface area contributed by atoms with Gasteiger partial charge in [-0.1, -0.05) is 18.2 Å². The Kier molecular flexibility index (Phi) is 6.68. The van der Waals surface area contributed by atoms with Crippen LogP contribution < -0.4 is 9.47 Å². The molecule has 170 valence electrons. The SMILES string of the molecule is CCOc1cc([C@@H](CS(C)(=O)=O)N2C(=O)c3cccc(CC(C)=O)c3C2=O)ccc1OC. The molecule has 32 heavy (non-hydrogen) atoms. The minimum atomic E-state index is -3.59. The molecule has 8 nitrogen and oxygen atoms in total. The normalized spacial score (nSPS) is 14.3. The van der Waals surface area contributed by atoms with Gasteiger partial charge in [-0.05, 0) is 43.2 Å². The molecule has 0 saturated heterocycles. The topological polar surface area (TPSA) is 107 Å². The van der Waals surface area contributed by atoms with Crippen molar-refractivity contribution < 1.29 is 32.3 Å². The molecule has 0 N–H and O–H groups in total. The summed E-state index contributed by atoms with van der Waals surface area (Å²) in [5.74, 6) is -1.01. The van der Waals surface area contributed by atoms with E-state index in [4.69, 9.17) is 9.47 Å². The summed E-state index contributed by atoms with van der Waals surface area (Å²) in [6.45, 7) is 3.54. The maximum atomic E-state index is 13.4. The van der Waals surface area contributed by atoms with Gasteiger partial charge in [0.1, 0.15) is 15.6 Å². The number of fused-ring (bicyclic) bond motifs is 1. The van der Waals surface area contributed by atoms with E-state index in [0.29, 0.717) is 29.2 Å². The van der Waals surface area contributed by atoms with E-state index in [1.165, 1.54) is 20.1 Å². The summed E-state index contributed by atoms with van der Waals surface area (Å²) >= 11 is 0. The molecule has 0 saturated carbocycles. The number of rotatable bonds is 9. The lowest BCUT2D eigenvalue weighted by Crippen LogP contribution is -2.37. The molecule has 0 spiro atoms. The number of hydrogen-bond acceptors (Lipinski definition) is 7. The molecule has 0 bridgehead atoms. The fourth-order valence-electron chi connectivity index (χ4n) is 3.85. The number of ether oxygens (including phenoxy) is 2. The van der Waals surface area contributed by atoms with Crippen molar-refractivity contribution in [1.82, 2.24) is 4.90 Å². The highest BCUT2D eigenvalue weighted by molar-refractivity contribution is 7.90. The van der Waals surface area contributed by atoms with Gasteiger partial charge in [-0.25, -0.2) is 8.42 Å². The zero-order valence-electron chi connectivity index (χ0n) is 18.4. The molecule has 9 heteroatoms. The average Bonchev–Trinajstić information content (AvgIpc) is 2.96. The van der Waals surface area contributed by atoms with E-state index in [0.717, 1.165) is 11.2 Å². The first-order valence-electron chi connectivity index (χ1n) is 10.0. The first kappa shape index (κ1) is 23.5. The quantitative estimate of drug-likeness (QED) is 0.531. The lowest BCUT2D eigenvalue weighted by atomic mass is 9.99. The highest BCUT2D eigenvalue weighted by Gasteiger charge is 2.43.